The summed E-state index contributed by atoms with van der Waals surface area (Å²) < 4.78 is 31.4. The number of hydrogen-bond donors (Lipinski definition) is 0. The second-order valence-electron chi connectivity index (χ2n) is 3.53. The van der Waals surface area contributed by atoms with E-state index in [9.17, 15) is 13.6 Å². The molecule has 0 saturated carbocycles. The molecule has 1 aromatic carbocycles. The van der Waals surface area contributed by atoms with Crippen LogP contribution in [0.25, 0.3) is 10.9 Å². The fraction of sp³-hybridized carbons (Fsp3) is 0.273. The summed E-state index contributed by atoms with van der Waals surface area (Å²) in [7, 11) is 2.82. The van der Waals surface area contributed by atoms with Crippen LogP contribution in [0.2, 0.25) is 0 Å². The van der Waals surface area contributed by atoms with Gasteiger partial charge in [0.2, 0.25) is 0 Å². The lowest BCUT2D eigenvalue weighted by Crippen LogP contribution is -2.00. The molecule has 90 valence electrons. The van der Waals surface area contributed by atoms with Gasteiger partial charge in [-0.15, -0.1) is 0 Å². The predicted octanol–water partition coefficient (Wildman–Crippen LogP) is 2.30. The largest absolute Gasteiger partial charge is 0.465 e. The minimum absolute atomic E-state index is 0.231. The average molecular weight is 240 g/mol. The van der Waals surface area contributed by atoms with Crippen LogP contribution in [0.3, 0.4) is 0 Å². The van der Waals surface area contributed by atoms with Crippen molar-refractivity contribution < 1.29 is 18.3 Å². The number of methoxy groups -OCH3 is 1. The standard InChI is InChI=1S/C11H10F2N2O2/c1-15-8-4-3-6(11(16)17-2)5-7(8)9(14-15)10(12)13/h3-5,10H,1-2H3. The Morgan fingerprint density at radius 1 is 1.47 bits per heavy atom. The predicted molar refractivity (Wildman–Crippen MR) is 57.0 cm³/mol. The molecular weight excluding hydrogens is 230 g/mol. The van der Waals surface area contributed by atoms with Gasteiger partial charge >= 0.3 is 5.97 Å². The fourth-order valence-electron chi connectivity index (χ4n) is 1.70. The monoisotopic (exact) mass is 240 g/mol. The molecule has 0 aliphatic carbocycles. The van der Waals surface area contributed by atoms with Gasteiger partial charge in [-0.25, -0.2) is 13.6 Å². The van der Waals surface area contributed by atoms with Gasteiger partial charge in [0.15, 0.2) is 0 Å². The molecular formula is C11H10F2N2O2. The second-order valence-corrected chi connectivity index (χ2v) is 3.53. The van der Waals surface area contributed by atoms with Gasteiger partial charge in [0, 0.05) is 12.4 Å². The first-order valence-electron chi connectivity index (χ1n) is 4.87. The number of nitrogens with zero attached hydrogens (tertiary/aromatic N) is 2. The average Bonchev–Trinajstić information content (AvgIpc) is 2.65. The van der Waals surface area contributed by atoms with Crippen molar-refractivity contribution >= 4 is 16.9 Å². The Balaban J connectivity index is 2.66. The van der Waals surface area contributed by atoms with Crippen molar-refractivity contribution in [2.24, 2.45) is 7.05 Å². The number of halogens is 2. The number of carbonyl (C=O) groups excluding carboxylic acids is 1. The normalized spacial score (nSPS) is 11.1. The van der Waals surface area contributed by atoms with E-state index in [4.69, 9.17) is 0 Å². The number of esters is 1. The van der Waals surface area contributed by atoms with Crippen LogP contribution >= 0.6 is 0 Å². The maximum atomic E-state index is 12.7. The highest BCUT2D eigenvalue weighted by Gasteiger charge is 2.18. The summed E-state index contributed by atoms with van der Waals surface area (Å²) >= 11 is 0. The number of fused-ring (bicyclic) bond motifs is 1. The number of carbonyl (C=O) groups is 1. The van der Waals surface area contributed by atoms with E-state index in [1.54, 1.807) is 13.1 Å². The highest BCUT2D eigenvalue weighted by molar-refractivity contribution is 5.95. The summed E-state index contributed by atoms with van der Waals surface area (Å²) in [6.07, 6.45) is -2.67. The highest BCUT2D eigenvalue weighted by Crippen LogP contribution is 2.27. The number of rotatable bonds is 2. The van der Waals surface area contributed by atoms with Crippen molar-refractivity contribution in [3.05, 3.63) is 29.5 Å². The van der Waals surface area contributed by atoms with E-state index < -0.39 is 12.4 Å². The van der Waals surface area contributed by atoms with E-state index in [0.29, 0.717) is 5.52 Å². The van der Waals surface area contributed by atoms with Crippen molar-refractivity contribution in [3.63, 3.8) is 0 Å². The summed E-state index contributed by atoms with van der Waals surface area (Å²) in [6, 6.07) is 4.46. The first-order chi connectivity index (χ1) is 8.04. The molecule has 0 unspecified atom stereocenters. The topological polar surface area (TPSA) is 44.1 Å². The van der Waals surface area contributed by atoms with Gasteiger partial charge in [0.05, 0.1) is 18.2 Å². The van der Waals surface area contributed by atoms with Gasteiger partial charge in [-0.2, -0.15) is 5.10 Å². The molecule has 6 heteroatoms. The van der Waals surface area contributed by atoms with Crippen molar-refractivity contribution in [2.75, 3.05) is 7.11 Å². The number of aromatic nitrogens is 2. The van der Waals surface area contributed by atoms with Crippen molar-refractivity contribution in [1.82, 2.24) is 9.78 Å². The van der Waals surface area contributed by atoms with Crippen LogP contribution in [0.4, 0.5) is 8.78 Å². The van der Waals surface area contributed by atoms with Crippen molar-refractivity contribution in [1.29, 1.82) is 0 Å². The lowest BCUT2D eigenvalue weighted by atomic mass is 10.1. The van der Waals surface area contributed by atoms with Crippen molar-refractivity contribution in [3.8, 4) is 0 Å². The van der Waals surface area contributed by atoms with Crippen LogP contribution in [-0.4, -0.2) is 22.9 Å². The van der Waals surface area contributed by atoms with Crippen LogP contribution in [-0.2, 0) is 11.8 Å². The minimum atomic E-state index is -2.67. The third-order valence-corrected chi connectivity index (χ3v) is 2.51. The molecule has 2 rings (SSSR count). The summed E-state index contributed by atoms with van der Waals surface area (Å²) in [5.41, 5.74) is 0.455. The van der Waals surface area contributed by atoms with Crippen LogP contribution in [0.15, 0.2) is 18.2 Å². The molecule has 0 aliphatic heterocycles. The maximum Gasteiger partial charge on any atom is 0.337 e. The first-order valence-corrected chi connectivity index (χ1v) is 4.87. The highest BCUT2D eigenvalue weighted by atomic mass is 19.3. The van der Waals surface area contributed by atoms with Crippen LogP contribution in [0.1, 0.15) is 22.5 Å². The van der Waals surface area contributed by atoms with E-state index >= 15 is 0 Å². The molecule has 0 bridgehead atoms. The Hall–Kier alpha value is -1.98. The van der Waals surface area contributed by atoms with Gasteiger partial charge < -0.3 is 4.74 Å². The molecule has 4 nitrogen and oxygen atoms in total. The molecule has 1 aromatic heterocycles. The molecule has 0 aliphatic rings. The molecule has 17 heavy (non-hydrogen) atoms. The summed E-state index contributed by atoms with van der Waals surface area (Å²) in [5.74, 6) is -0.559. The molecule has 0 spiro atoms. The molecule has 0 saturated heterocycles. The minimum Gasteiger partial charge on any atom is -0.465 e. The number of alkyl halides is 2. The van der Waals surface area contributed by atoms with Gasteiger partial charge in [0.1, 0.15) is 5.69 Å². The Kier molecular flexibility index (Phi) is 2.79. The second kappa shape index (κ2) is 4.12. The first kappa shape index (κ1) is 11.5. The number of hydrogen-bond acceptors (Lipinski definition) is 3. The van der Waals surface area contributed by atoms with Gasteiger partial charge in [-0.05, 0) is 18.2 Å². The van der Waals surface area contributed by atoms with E-state index in [1.165, 1.54) is 23.9 Å². The summed E-state index contributed by atoms with van der Waals surface area (Å²) in [6.45, 7) is 0. The molecule has 0 radical (unpaired) electrons. The van der Waals surface area contributed by atoms with Crippen LogP contribution in [0, 0.1) is 0 Å². The quantitative estimate of drug-likeness (QED) is 0.756. The third kappa shape index (κ3) is 1.86. The summed E-state index contributed by atoms with van der Waals surface area (Å²) in [5, 5.41) is 4.00. The third-order valence-electron chi connectivity index (χ3n) is 2.51. The molecule has 2 aromatic rings. The van der Waals surface area contributed by atoms with E-state index in [0.717, 1.165) is 0 Å². The maximum absolute atomic E-state index is 12.7. The molecule has 0 fully saturated rings. The molecule has 1 heterocycles. The Morgan fingerprint density at radius 3 is 2.76 bits per heavy atom. The fourth-order valence-corrected chi connectivity index (χ4v) is 1.70. The van der Waals surface area contributed by atoms with Gasteiger partial charge in [-0.3, -0.25) is 4.68 Å². The lowest BCUT2D eigenvalue weighted by Gasteiger charge is -2.00. The van der Waals surface area contributed by atoms with Crippen molar-refractivity contribution in [2.45, 2.75) is 6.43 Å². The Bertz CT molecular complexity index is 578. The smallest absolute Gasteiger partial charge is 0.337 e. The Morgan fingerprint density at radius 2 is 2.18 bits per heavy atom. The van der Waals surface area contributed by atoms with Gasteiger partial charge in [-0.1, -0.05) is 0 Å². The molecule has 0 N–H and O–H groups in total. The lowest BCUT2D eigenvalue weighted by molar-refractivity contribution is 0.0601. The summed E-state index contributed by atoms with van der Waals surface area (Å²) in [4.78, 5) is 11.3. The number of ether oxygens (including phenoxy) is 1. The van der Waals surface area contributed by atoms with E-state index in [2.05, 4.69) is 9.84 Å². The SMILES string of the molecule is COC(=O)c1ccc2c(c1)c(C(F)F)nn2C. The zero-order chi connectivity index (χ0) is 12.6. The number of aryl methyl sites for hydroxylation is 1. The molecule has 0 amide bonds. The van der Waals surface area contributed by atoms with Crippen LogP contribution < -0.4 is 0 Å². The van der Waals surface area contributed by atoms with E-state index in [-0.39, 0.29) is 16.6 Å². The van der Waals surface area contributed by atoms with Gasteiger partial charge in [0.25, 0.3) is 6.43 Å². The Labute approximate surface area is 95.8 Å². The zero-order valence-corrected chi connectivity index (χ0v) is 9.28. The van der Waals surface area contributed by atoms with Crippen LogP contribution in [0.5, 0.6) is 0 Å². The van der Waals surface area contributed by atoms with E-state index in [1.807, 2.05) is 0 Å². The zero-order valence-electron chi connectivity index (χ0n) is 9.28. The molecule has 0 atom stereocenters. The number of benzene rings is 1.